The molecule has 172 valence electrons. The number of hydrogen-bond donors (Lipinski definition) is 2. The van der Waals surface area contributed by atoms with Crippen LogP contribution in [0.4, 0.5) is 0 Å². The first kappa shape index (κ1) is 22.9. The zero-order valence-electron chi connectivity index (χ0n) is 17.1. The predicted octanol–water partition coefficient (Wildman–Crippen LogP) is 4.93. The third-order valence-corrected chi connectivity index (χ3v) is 9.07. The molecule has 2 aliphatic carbocycles. The number of methoxy groups -OCH3 is 2. The molecule has 5 rings (SSSR count). The standard InChI is InChI=1S/C22H22ClNO6S.CH4/c1-29-18-8-12-13(9-19(18)30-2)16-10-22(31(26,27)28)5-3-4-11(22)6-14(16)20-15(12)7-17(25)21(23)24-20;/h7-9,11,25H,3-6,10H2,1-2H3,(H,26,27,28);1H4. The number of hydrogen-bond acceptors (Lipinski definition) is 6. The molecule has 1 fully saturated rings. The minimum Gasteiger partial charge on any atom is -0.505 e. The molecule has 0 radical (unpaired) electrons. The van der Waals surface area contributed by atoms with Gasteiger partial charge in [-0.2, -0.15) is 8.42 Å². The fraction of sp³-hybridized carbons (Fsp3) is 0.435. The summed E-state index contributed by atoms with van der Waals surface area (Å²) >= 11 is 6.16. The molecule has 2 N–H and O–H groups in total. The van der Waals surface area contributed by atoms with Gasteiger partial charge in [0, 0.05) is 5.39 Å². The first-order valence-corrected chi connectivity index (χ1v) is 11.9. The van der Waals surface area contributed by atoms with Crippen LogP contribution in [0.25, 0.3) is 21.7 Å². The van der Waals surface area contributed by atoms with Crippen molar-refractivity contribution in [1.82, 2.24) is 4.98 Å². The van der Waals surface area contributed by atoms with Gasteiger partial charge in [0.15, 0.2) is 22.4 Å². The van der Waals surface area contributed by atoms with Crippen LogP contribution >= 0.6 is 11.6 Å². The molecular weight excluding hydrogens is 454 g/mol. The van der Waals surface area contributed by atoms with Gasteiger partial charge in [0.1, 0.15) is 4.75 Å². The highest BCUT2D eigenvalue weighted by atomic mass is 35.5. The number of benzene rings is 2. The second kappa shape index (κ2) is 7.64. The molecule has 3 aromatic rings. The molecule has 0 bridgehead atoms. The molecule has 7 nitrogen and oxygen atoms in total. The van der Waals surface area contributed by atoms with Crippen molar-refractivity contribution >= 4 is 43.4 Å². The molecule has 2 atom stereocenters. The van der Waals surface area contributed by atoms with Crippen LogP contribution in [0.1, 0.15) is 37.8 Å². The number of ether oxygens (including phenoxy) is 2. The zero-order valence-corrected chi connectivity index (χ0v) is 18.7. The van der Waals surface area contributed by atoms with E-state index in [-0.39, 0.29) is 30.7 Å². The molecule has 1 heterocycles. The molecule has 2 aromatic carbocycles. The average Bonchev–Trinajstić information content (AvgIpc) is 3.17. The molecular formula is C23H26ClNO6S. The average molecular weight is 480 g/mol. The molecule has 0 amide bonds. The molecule has 0 saturated heterocycles. The van der Waals surface area contributed by atoms with E-state index in [0.717, 1.165) is 34.7 Å². The SMILES string of the molecule is C.COc1cc2c3c(c4nc(Cl)c(O)cc4c2cc1OC)CC1CCCC1(S(=O)(=O)O)C3. The maximum absolute atomic E-state index is 12.6. The lowest BCUT2D eigenvalue weighted by Gasteiger charge is -2.38. The number of aromatic hydroxyl groups is 1. The number of halogens is 1. The summed E-state index contributed by atoms with van der Waals surface area (Å²) in [6, 6.07) is 5.20. The van der Waals surface area contributed by atoms with Gasteiger partial charge < -0.3 is 14.6 Å². The van der Waals surface area contributed by atoms with Gasteiger partial charge in [0.2, 0.25) is 0 Å². The Hall–Kier alpha value is -2.29. The quantitative estimate of drug-likeness (QED) is 0.312. The van der Waals surface area contributed by atoms with E-state index >= 15 is 0 Å². The van der Waals surface area contributed by atoms with Crippen molar-refractivity contribution in [3.8, 4) is 17.2 Å². The number of fused-ring (bicyclic) bond motifs is 7. The van der Waals surface area contributed by atoms with Crippen LogP contribution < -0.4 is 9.47 Å². The summed E-state index contributed by atoms with van der Waals surface area (Å²) in [4.78, 5) is 4.47. The Labute approximate surface area is 192 Å². The predicted molar refractivity (Wildman–Crippen MR) is 125 cm³/mol. The Morgan fingerprint density at radius 1 is 1.09 bits per heavy atom. The number of pyridine rings is 1. The third kappa shape index (κ3) is 3.03. The molecule has 1 saturated carbocycles. The Bertz CT molecular complexity index is 1360. The minimum absolute atomic E-state index is 0. The van der Waals surface area contributed by atoms with E-state index in [9.17, 15) is 18.1 Å². The van der Waals surface area contributed by atoms with Gasteiger partial charge in [-0.3, -0.25) is 4.55 Å². The van der Waals surface area contributed by atoms with E-state index in [0.29, 0.717) is 35.2 Å². The van der Waals surface area contributed by atoms with Crippen LogP contribution in [-0.4, -0.2) is 42.0 Å². The van der Waals surface area contributed by atoms with Crippen LogP contribution in [-0.2, 0) is 23.0 Å². The summed E-state index contributed by atoms with van der Waals surface area (Å²) < 4.78 is 45.1. The summed E-state index contributed by atoms with van der Waals surface area (Å²) in [6.45, 7) is 0. The molecule has 9 heteroatoms. The Morgan fingerprint density at radius 2 is 1.75 bits per heavy atom. The summed E-state index contributed by atoms with van der Waals surface area (Å²) in [5, 5.41) is 12.5. The summed E-state index contributed by atoms with van der Waals surface area (Å²) in [5.74, 6) is 0.682. The van der Waals surface area contributed by atoms with Crippen molar-refractivity contribution in [2.45, 2.75) is 44.3 Å². The molecule has 1 aromatic heterocycles. The van der Waals surface area contributed by atoms with Crippen LogP contribution in [0.2, 0.25) is 5.15 Å². The van der Waals surface area contributed by atoms with E-state index in [4.69, 9.17) is 21.1 Å². The van der Waals surface area contributed by atoms with Crippen LogP contribution in [0.5, 0.6) is 17.2 Å². The second-order valence-corrected chi connectivity index (χ2v) is 10.5. The maximum Gasteiger partial charge on any atom is 0.271 e. The van der Waals surface area contributed by atoms with Crippen molar-refractivity contribution in [2.75, 3.05) is 14.2 Å². The molecule has 0 spiro atoms. The van der Waals surface area contributed by atoms with Crippen molar-refractivity contribution in [1.29, 1.82) is 0 Å². The van der Waals surface area contributed by atoms with Gasteiger partial charge in [-0.25, -0.2) is 4.98 Å². The maximum atomic E-state index is 12.6. The van der Waals surface area contributed by atoms with Gasteiger partial charge in [-0.1, -0.05) is 25.4 Å². The lowest BCUT2D eigenvalue weighted by atomic mass is 9.74. The van der Waals surface area contributed by atoms with Crippen LogP contribution in [0, 0.1) is 5.92 Å². The molecule has 2 unspecified atom stereocenters. The van der Waals surface area contributed by atoms with Gasteiger partial charge in [0.05, 0.1) is 19.7 Å². The first-order valence-electron chi connectivity index (χ1n) is 10.1. The minimum atomic E-state index is -4.27. The van der Waals surface area contributed by atoms with Crippen LogP contribution in [0.15, 0.2) is 18.2 Å². The lowest BCUT2D eigenvalue weighted by Crippen LogP contribution is -2.47. The summed E-state index contributed by atoms with van der Waals surface area (Å²) in [7, 11) is -1.20. The topological polar surface area (TPSA) is 106 Å². The first-order chi connectivity index (χ1) is 14.7. The summed E-state index contributed by atoms with van der Waals surface area (Å²) in [6.07, 6.45) is 2.53. The van der Waals surface area contributed by atoms with E-state index in [1.807, 2.05) is 6.07 Å². The van der Waals surface area contributed by atoms with Crippen LogP contribution in [0.3, 0.4) is 0 Å². The highest BCUT2D eigenvalue weighted by molar-refractivity contribution is 7.87. The molecule has 2 aliphatic rings. The zero-order chi connectivity index (χ0) is 22.1. The van der Waals surface area contributed by atoms with Gasteiger partial charge in [-0.15, -0.1) is 0 Å². The van der Waals surface area contributed by atoms with Crippen molar-refractivity contribution in [2.24, 2.45) is 5.92 Å². The molecule has 0 aliphatic heterocycles. The third-order valence-electron chi connectivity index (χ3n) is 7.08. The second-order valence-electron chi connectivity index (χ2n) is 8.41. The lowest BCUT2D eigenvalue weighted by molar-refractivity contribution is 0.340. The monoisotopic (exact) mass is 479 g/mol. The summed E-state index contributed by atoms with van der Waals surface area (Å²) in [5.41, 5.74) is 2.35. The fourth-order valence-corrected chi connectivity index (χ4v) is 7.10. The Morgan fingerprint density at radius 3 is 2.38 bits per heavy atom. The Balaban J connectivity index is 0.00000245. The van der Waals surface area contributed by atoms with E-state index < -0.39 is 14.9 Å². The highest BCUT2D eigenvalue weighted by Crippen LogP contribution is 2.52. The Kier molecular flexibility index (Phi) is 5.47. The van der Waals surface area contributed by atoms with E-state index in [2.05, 4.69) is 4.98 Å². The van der Waals surface area contributed by atoms with Crippen molar-refractivity contribution in [3.05, 3.63) is 34.5 Å². The number of rotatable bonds is 3. The normalized spacial score (nSPS) is 22.3. The fourth-order valence-electron chi connectivity index (χ4n) is 5.61. The smallest absolute Gasteiger partial charge is 0.271 e. The number of aromatic nitrogens is 1. The van der Waals surface area contributed by atoms with Crippen molar-refractivity contribution in [3.63, 3.8) is 0 Å². The van der Waals surface area contributed by atoms with Gasteiger partial charge >= 0.3 is 0 Å². The number of nitrogens with zero attached hydrogens (tertiary/aromatic N) is 1. The van der Waals surface area contributed by atoms with Crippen molar-refractivity contribution < 1.29 is 27.6 Å². The molecule has 32 heavy (non-hydrogen) atoms. The van der Waals surface area contributed by atoms with Gasteiger partial charge in [0.25, 0.3) is 10.1 Å². The highest BCUT2D eigenvalue weighted by Gasteiger charge is 2.55. The van der Waals surface area contributed by atoms with E-state index in [1.54, 1.807) is 12.1 Å². The largest absolute Gasteiger partial charge is 0.505 e. The van der Waals surface area contributed by atoms with E-state index in [1.165, 1.54) is 14.2 Å². The van der Waals surface area contributed by atoms with Gasteiger partial charge in [-0.05, 0) is 71.7 Å².